The van der Waals surface area contributed by atoms with E-state index in [1.54, 1.807) is 0 Å². The van der Waals surface area contributed by atoms with E-state index in [0.29, 0.717) is 12.0 Å². The average molecular weight is 280 g/mol. The summed E-state index contributed by atoms with van der Waals surface area (Å²) in [5, 5.41) is 3.62. The lowest BCUT2D eigenvalue weighted by Crippen LogP contribution is -2.45. The highest BCUT2D eigenvalue weighted by atomic mass is 15.2. The lowest BCUT2D eigenvalue weighted by atomic mass is 10.0. The van der Waals surface area contributed by atoms with Gasteiger partial charge in [-0.1, -0.05) is 56.3 Å². The van der Waals surface area contributed by atoms with Crippen molar-refractivity contribution < 1.29 is 0 Å². The molecule has 2 aromatic carbocycles. The highest BCUT2D eigenvalue weighted by molar-refractivity contribution is 5.49. The molecule has 0 aromatic heterocycles. The molecule has 0 amide bonds. The van der Waals surface area contributed by atoms with E-state index in [9.17, 15) is 0 Å². The van der Waals surface area contributed by atoms with Gasteiger partial charge >= 0.3 is 0 Å². The molecule has 21 heavy (non-hydrogen) atoms. The maximum atomic E-state index is 3.62. The summed E-state index contributed by atoms with van der Waals surface area (Å²) < 4.78 is 0. The minimum absolute atomic E-state index is 0.421. The molecule has 0 radical (unpaired) electrons. The van der Waals surface area contributed by atoms with E-state index in [1.165, 1.54) is 16.8 Å². The molecule has 1 unspecified atom stereocenters. The van der Waals surface area contributed by atoms with Crippen molar-refractivity contribution in [3.05, 3.63) is 65.7 Å². The maximum absolute atomic E-state index is 3.62. The Morgan fingerprint density at radius 1 is 1.00 bits per heavy atom. The van der Waals surface area contributed by atoms with Crippen LogP contribution in [-0.4, -0.2) is 19.6 Å². The van der Waals surface area contributed by atoms with E-state index in [4.69, 9.17) is 0 Å². The number of nitrogens with one attached hydrogen (secondary N) is 1. The third-order valence-corrected chi connectivity index (χ3v) is 4.30. The van der Waals surface area contributed by atoms with Crippen LogP contribution in [0, 0.1) is 0 Å². The number of benzene rings is 2. The lowest BCUT2D eigenvalue weighted by molar-refractivity contribution is 0.472. The number of rotatable bonds is 3. The van der Waals surface area contributed by atoms with Gasteiger partial charge in [0, 0.05) is 31.4 Å². The molecule has 0 spiro atoms. The predicted molar refractivity (Wildman–Crippen MR) is 89.9 cm³/mol. The molecule has 1 heterocycles. The van der Waals surface area contributed by atoms with Crippen LogP contribution in [0.2, 0.25) is 0 Å². The first-order valence-corrected chi connectivity index (χ1v) is 7.87. The number of hydrogen-bond acceptors (Lipinski definition) is 2. The number of piperazine rings is 1. The summed E-state index contributed by atoms with van der Waals surface area (Å²) in [7, 11) is 0. The molecule has 1 fully saturated rings. The van der Waals surface area contributed by atoms with Crippen molar-refractivity contribution in [1.29, 1.82) is 0 Å². The van der Waals surface area contributed by atoms with Gasteiger partial charge in [-0.3, -0.25) is 0 Å². The zero-order valence-electron chi connectivity index (χ0n) is 12.9. The fraction of sp³-hybridized carbons (Fsp3) is 0.368. The van der Waals surface area contributed by atoms with Gasteiger partial charge in [0.05, 0.1) is 0 Å². The van der Waals surface area contributed by atoms with Crippen LogP contribution in [0.1, 0.15) is 36.9 Å². The Kier molecular flexibility index (Phi) is 4.26. The van der Waals surface area contributed by atoms with Crippen LogP contribution in [-0.2, 0) is 0 Å². The fourth-order valence-corrected chi connectivity index (χ4v) is 2.96. The van der Waals surface area contributed by atoms with Gasteiger partial charge in [0.2, 0.25) is 0 Å². The Labute approximate surface area is 127 Å². The van der Waals surface area contributed by atoms with Gasteiger partial charge in [0.1, 0.15) is 0 Å². The Balaban J connectivity index is 1.74. The number of nitrogens with zero attached hydrogens (tertiary/aromatic N) is 1. The first-order valence-electron chi connectivity index (χ1n) is 7.87. The quantitative estimate of drug-likeness (QED) is 0.915. The van der Waals surface area contributed by atoms with Gasteiger partial charge in [0.25, 0.3) is 0 Å². The van der Waals surface area contributed by atoms with Crippen LogP contribution in [0.5, 0.6) is 0 Å². The molecule has 0 aliphatic carbocycles. The second kappa shape index (κ2) is 6.31. The minimum atomic E-state index is 0.421. The van der Waals surface area contributed by atoms with Crippen LogP contribution in [0.25, 0.3) is 0 Å². The summed E-state index contributed by atoms with van der Waals surface area (Å²) in [4.78, 5) is 2.48. The van der Waals surface area contributed by atoms with Crippen LogP contribution in [0.3, 0.4) is 0 Å². The lowest BCUT2D eigenvalue weighted by Gasteiger charge is -2.35. The minimum Gasteiger partial charge on any atom is -0.368 e. The molecule has 1 saturated heterocycles. The maximum Gasteiger partial charge on any atom is 0.0498 e. The monoisotopic (exact) mass is 280 g/mol. The molecule has 1 N–H and O–H groups in total. The summed E-state index contributed by atoms with van der Waals surface area (Å²) in [6.45, 7) is 7.62. The molecule has 2 heteroatoms. The van der Waals surface area contributed by atoms with Crippen molar-refractivity contribution in [1.82, 2.24) is 5.32 Å². The van der Waals surface area contributed by atoms with Crippen molar-refractivity contribution in [2.75, 3.05) is 24.5 Å². The van der Waals surface area contributed by atoms with Crippen LogP contribution in [0.4, 0.5) is 5.69 Å². The number of hydrogen-bond donors (Lipinski definition) is 1. The topological polar surface area (TPSA) is 15.3 Å². The molecular weight excluding hydrogens is 256 g/mol. The summed E-state index contributed by atoms with van der Waals surface area (Å²) >= 11 is 0. The summed E-state index contributed by atoms with van der Waals surface area (Å²) in [5.74, 6) is 0.596. The molecule has 1 aliphatic rings. The third kappa shape index (κ3) is 3.27. The number of anilines is 1. The summed E-state index contributed by atoms with van der Waals surface area (Å²) in [6.07, 6.45) is 0. The second-order valence-electron chi connectivity index (χ2n) is 6.11. The standard InChI is InChI=1S/C19H24N2/c1-15(2)16-8-10-18(11-9-16)21-13-12-20-19(14-21)17-6-4-3-5-7-17/h3-11,15,19-20H,12-14H2,1-2H3. The van der Waals surface area contributed by atoms with Crippen LogP contribution in [0.15, 0.2) is 54.6 Å². The summed E-state index contributed by atoms with van der Waals surface area (Å²) in [5.41, 5.74) is 4.12. The average Bonchev–Trinajstić information content (AvgIpc) is 2.56. The summed E-state index contributed by atoms with van der Waals surface area (Å²) in [6, 6.07) is 20.2. The predicted octanol–water partition coefficient (Wildman–Crippen LogP) is 3.96. The smallest absolute Gasteiger partial charge is 0.0498 e. The molecule has 0 bridgehead atoms. The molecule has 3 rings (SSSR count). The van der Waals surface area contributed by atoms with Crippen LogP contribution < -0.4 is 10.2 Å². The van der Waals surface area contributed by atoms with Crippen molar-refractivity contribution in [2.24, 2.45) is 0 Å². The molecule has 1 aliphatic heterocycles. The largest absolute Gasteiger partial charge is 0.368 e. The van der Waals surface area contributed by atoms with E-state index in [1.807, 2.05) is 0 Å². The molecule has 2 aromatic rings. The van der Waals surface area contributed by atoms with Gasteiger partial charge in [-0.25, -0.2) is 0 Å². The fourth-order valence-electron chi connectivity index (χ4n) is 2.96. The van der Waals surface area contributed by atoms with Gasteiger partial charge in [-0.05, 0) is 29.2 Å². The van der Waals surface area contributed by atoms with Crippen molar-refractivity contribution >= 4 is 5.69 Å². The van der Waals surface area contributed by atoms with E-state index in [0.717, 1.165) is 19.6 Å². The Bertz CT molecular complexity index is 560. The highest BCUT2D eigenvalue weighted by Crippen LogP contribution is 2.24. The van der Waals surface area contributed by atoms with Crippen molar-refractivity contribution in [2.45, 2.75) is 25.8 Å². The first kappa shape index (κ1) is 14.2. The molecule has 1 atom stereocenters. The van der Waals surface area contributed by atoms with E-state index < -0.39 is 0 Å². The Morgan fingerprint density at radius 3 is 2.38 bits per heavy atom. The van der Waals surface area contributed by atoms with Crippen LogP contribution >= 0.6 is 0 Å². The van der Waals surface area contributed by atoms with Gasteiger partial charge in [-0.2, -0.15) is 0 Å². The van der Waals surface area contributed by atoms with Crippen molar-refractivity contribution in [3.63, 3.8) is 0 Å². The van der Waals surface area contributed by atoms with E-state index in [-0.39, 0.29) is 0 Å². The zero-order valence-corrected chi connectivity index (χ0v) is 12.9. The second-order valence-corrected chi connectivity index (χ2v) is 6.11. The first-order chi connectivity index (χ1) is 10.2. The third-order valence-electron chi connectivity index (χ3n) is 4.30. The zero-order chi connectivity index (χ0) is 14.7. The highest BCUT2D eigenvalue weighted by Gasteiger charge is 2.20. The van der Waals surface area contributed by atoms with Gasteiger partial charge in [-0.15, -0.1) is 0 Å². The molecular formula is C19H24N2. The Morgan fingerprint density at radius 2 is 1.71 bits per heavy atom. The normalized spacial score (nSPS) is 19.0. The van der Waals surface area contributed by atoms with E-state index in [2.05, 4.69) is 78.7 Å². The molecule has 2 nitrogen and oxygen atoms in total. The van der Waals surface area contributed by atoms with Crippen molar-refractivity contribution in [3.8, 4) is 0 Å². The Hall–Kier alpha value is -1.80. The van der Waals surface area contributed by atoms with E-state index >= 15 is 0 Å². The SMILES string of the molecule is CC(C)c1ccc(N2CCNC(c3ccccc3)C2)cc1. The molecule has 110 valence electrons. The van der Waals surface area contributed by atoms with Gasteiger partial charge < -0.3 is 10.2 Å². The van der Waals surface area contributed by atoms with Gasteiger partial charge in [0.15, 0.2) is 0 Å². The molecule has 0 saturated carbocycles.